The van der Waals surface area contributed by atoms with E-state index in [1.54, 1.807) is 6.92 Å². The lowest BCUT2D eigenvalue weighted by Gasteiger charge is -2.34. The van der Waals surface area contributed by atoms with Crippen molar-refractivity contribution in [3.8, 4) is 0 Å². The minimum atomic E-state index is -0.684. The fourth-order valence-corrected chi connectivity index (χ4v) is 2.89. The minimum Gasteiger partial charge on any atom is -0.444 e. The largest absolute Gasteiger partial charge is 0.444 e. The van der Waals surface area contributed by atoms with Gasteiger partial charge in [0.1, 0.15) is 5.60 Å². The lowest BCUT2D eigenvalue weighted by Crippen LogP contribution is -2.57. The molecule has 0 spiro atoms. The average Bonchev–Trinajstić information content (AvgIpc) is 2.67. The van der Waals surface area contributed by atoms with Gasteiger partial charge in [-0.1, -0.05) is 18.2 Å². The van der Waals surface area contributed by atoms with Gasteiger partial charge in [-0.3, -0.25) is 0 Å². The number of rotatable bonds is 2. The zero-order chi connectivity index (χ0) is 15.8. The Morgan fingerprint density at radius 2 is 2.05 bits per heavy atom. The number of amides is 1. The Kier molecular flexibility index (Phi) is 4.02. The Balaban J connectivity index is 2.22. The van der Waals surface area contributed by atoms with Gasteiger partial charge in [0.15, 0.2) is 0 Å². The molecule has 1 aromatic rings. The van der Waals surface area contributed by atoms with E-state index < -0.39 is 23.3 Å². The third-order valence-corrected chi connectivity index (χ3v) is 4.05. The summed E-state index contributed by atoms with van der Waals surface area (Å²) in [6.45, 7) is 9.27. The van der Waals surface area contributed by atoms with Gasteiger partial charge in [-0.25, -0.2) is 4.79 Å². The van der Waals surface area contributed by atoms with Crippen molar-refractivity contribution < 1.29 is 14.6 Å². The number of aryl methyl sites for hydroxylation is 1. The molecule has 0 saturated heterocycles. The molecule has 1 unspecified atom stereocenters. The van der Waals surface area contributed by atoms with Gasteiger partial charge in [-0.15, -0.1) is 0 Å². The van der Waals surface area contributed by atoms with E-state index in [9.17, 15) is 9.90 Å². The van der Waals surface area contributed by atoms with Gasteiger partial charge in [0.2, 0.25) is 0 Å². The second kappa shape index (κ2) is 5.34. The number of alkyl carbamates (subject to hydrolysis) is 1. The Bertz CT molecular complexity index is 545. The zero-order valence-electron chi connectivity index (χ0n) is 13.5. The maximum atomic E-state index is 12.1. The van der Waals surface area contributed by atoms with E-state index in [0.717, 1.165) is 0 Å². The predicted molar refractivity (Wildman–Crippen MR) is 82.4 cm³/mol. The highest BCUT2D eigenvalue weighted by molar-refractivity contribution is 5.69. The molecule has 1 aliphatic carbocycles. The van der Waals surface area contributed by atoms with E-state index in [1.807, 2.05) is 26.8 Å². The van der Waals surface area contributed by atoms with Gasteiger partial charge in [0.05, 0.1) is 11.6 Å². The number of ether oxygens (including phenoxy) is 1. The molecule has 1 amide bonds. The number of benzene rings is 1. The Morgan fingerprint density at radius 1 is 1.38 bits per heavy atom. The molecule has 4 nitrogen and oxygen atoms in total. The van der Waals surface area contributed by atoms with E-state index in [4.69, 9.17) is 4.74 Å². The van der Waals surface area contributed by atoms with Crippen LogP contribution in [0.15, 0.2) is 18.2 Å². The van der Waals surface area contributed by atoms with Crippen molar-refractivity contribution in [2.24, 2.45) is 0 Å². The normalized spacial score (nSPS) is 22.6. The highest BCUT2D eigenvalue weighted by atomic mass is 16.6. The van der Waals surface area contributed by atoms with Gasteiger partial charge < -0.3 is 15.2 Å². The topological polar surface area (TPSA) is 58.6 Å². The minimum absolute atomic E-state index is 0.478. The number of aliphatic hydroxyl groups excluding tert-OH is 1. The number of hydrogen-bond acceptors (Lipinski definition) is 3. The Hall–Kier alpha value is -1.55. The van der Waals surface area contributed by atoms with Crippen LogP contribution in [0.1, 0.15) is 44.4 Å². The second-order valence-electron chi connectivity index (χ2n) is 7.03. The summed E-state index contributed by atoms with van der Waals surface area (Å²) in [6.07, 6.45) is 0.123. The Labute approximate surface area is 126 Å². The van der Waals surface area contributed by atoms with E-state index in [0.29, 0.717) is 12.8 Å². The summed E-state index contributed by atoms with van der Waals surface area (Å²) in [5, 5.41) is 13.2. The van der Waals surface area contributed by atoms with Crippen molar-refractivity contribution in [1.29, 1.82) is 0 Å². The first-order valence-corrected chi connectivity index (χ1v) is 7.39. The first-order chi connectivity index (χ1) is 9.63. The maximum absolute atomic E-state index is 12.1. The van der Waals surface area contributed by atoms with Gasteiger partial charge in [0.25, 0.3) is 0 Å². The standard InChI is InChI=1S/C17H25NO3/c1-11-7-6-8-13-9-17(12(2)19,10-14(11)13)18-15(20)21-16(3,4)5/h6-8,12,19H,9-10H2,1-5H3,(H,18,20)/t12?,17-/m1/s1. The number of carbonyl (C=O) groups excluding carboxylic acids is 1. The van der Waals surface area contributed by atoms with Crippen molar-refractivity contribution in [3.05, 3.63) is 34.9 Å². The highest BCUT2D eigenvalue weighted by Gasteiger charge is 2.43. The molecular formula is C17H25NO3. The van der Waals surface area contributed by atoms with Crippen LogP contribution in [0, 0.1) is 6.92 Å². The highest BCUT2D eigenvalue weighted by Crippen LogP contribution is 2.34. The molecule has 0 bridgehead atoms. The van der Waals surface area contributed by atoms with Gasteiger partial charge in [-0.2, -0.15) is 0 Å². The summed E-state index contributed by atoms with van der Waals surface area (Å²) >= 11 is 0. The zero-order valence-corrected chi connectivity index (χ0v) is 13.5. The molecule has 116 valence electrons. The molecule has 0 aliphatic heterocycles. The van der Waals surface area contributed by atoms with Gasteiger partial charge in [-0.05, 0) is 64.2 Å². The van der Waals surface area contributed by atoms with Crippen molar-refractivity contribution in [2.75, 3.05) is 0 Å². The predicted octanol–water partition coefficient (Wildman–Crippen LogP) is 2.74. The van der Waals surface area contributed by atoms with Crippen LogP contribution in [0.4, 0.5) is 4.79 Å². The molecule has 0 radical (unpaired) electrons. The van der Waals surface area contributed by atoms with Crippen LogP contribution in [0.25, 0.3) is 0 Å². The molecule has 0 heterocycles. The fourth-order valence-electron chi connectivity index (χ4n) is 2.89. The summed E-state index contributed by atoms with van der Waals surface area (Å²) in [5.41, 5.74) is 2.37. The Morgan fingerprint density at radius 3 is 2.57 bits per heavy atom. The van der Waals surface area contributed by atoms with Crippen LogP contribution < -0.4 is 5.32 Å². The molecule has 0 fully saturated rings. The number of fused-ring (bicyclic) bond motifs is 1. The van der Waals surface area contributed by atoms with Crippen LogP contribution >= 0.6 is 0 Å². The summed E-state index contributed by atoms with van der Waals surface area (Å²) in [4.78, 5) is 12.1. The summed E-state index contributed by atoms with van der Waals surface area (Å²) in [6, 6.07) is 6.13. The first kappa shape index (κ1) is 15.8. The van der Waals surface area contributed by atoms with Crippen molar-refractivity contribution >= 4 is 6.09 Å². The molecule has 0 aromatic heterocycles. The van der Waals surface area contributed by atoms with Crippen molar-refractivity contribution in [1.82, 2.24) is 5.32 Å². The second-order valence-corrected chi connectivity index (χ2v) is 7.03. The van der Waals surface area contributed by atoms with Crippen LogP contribution in [0.5, 0.6) is 0 Å². The third kappa shape index (κ3) is 3.38. The monoisotopic (exact) mass is 291 g/mol. The third-order valence-electron chi connectivity index (χ3n) is 4.05. The van der Waals surface area contributed by atoms with E-state index in [2.05, 4.69) is 24.4 Å². The van der Waals surface area contributed by atoms with Gasteiger partial charge in [0, 0.05) is 0 Å². The number of carbonyl (C=O) groups is 1. The summed E-state index contributed by atoms with van der Waals surface area (Å²) in [7, 11) is 0. The van der Waals surface area contributed by atoms with E-state index in [1.165, 1.54) is 16.7 Å². The quantitative estimate of drug-likeness (QED) is 0.881. The molecule has 21 heavy (non-hydrogen) atoms. The number of nitrogens with one attached hydrogen (secondary N) is 1. The van der Waals surface area contributed by atoms with Crippen LogP contribution in [0.3, 0.4) is 0 Å². The van der Waals surface area contributed by atoms with Crippen LogP contribution in [0.2, 0.25) is 0 Å². The van der Waals surface area contributed by atoms with E-state index >= 15 is 0 Å². The molecule has 2 N–H and O–H groups in total. The summed E-state index contributed by atoms with van der Waals surface area (Å²) < 4.78 is 5.34. The van der Waals surface area contributed by atoms with Crippen molar-refractivity contribution in [2.45, 2.75) is 64.7 Å². The molecule has 4 heteroatoms. The molecule has 2 rings (SSSR count). The first-order valence-electron chi connectivity index (χ1n) is 7.39. The SMILES string of the molecule is Cc1cccc2c1C[C@@](NC(=O)OC(C)(C)C)(C(C)O)C2. The summed E-state index contributed by atoms with van der Waals surface area (Å²) in [5.74, 6) is 0. The molecule has 1 aliphatic rings. The average molecular weight is 291 g/mol. The van der Waals surface area contributed by atoms with Crippen molar-refractivity contribution in [3.63, 3.8) is 0 Å². The smallest absolute Gasteiger partial charge is 0.408 e. The molecule has 2 atom stereocenters. The van der Waals surface area contributed by atoms with Gasteiger partial charge >= 0.3 is 6.09 Å². The molecule has 0 saturated carbocycles. The van der Waals surface area contributed by atoms with E-state index in [-0.39, 0.29) is 0 Å². The van der Waals surface area contributed by atoms with Crippen LogP contribution in [-0.4, -0.2) is 28.4 Å². The lowest BCUT2D eigenvalue weighted by molar-refractivity contribution is 0.0276. The molecular weight excluding hydrogens is 266 g/mol. The maximum Gasteiger partial charge on any atom is 0.408 e. The fraction of sp³-hybridized carbons (Fsp3) is 0.588. The molecule has 1 aromatic carbocycles. The number of hydrogen-bond donors (Lipinski definition) is 2. The van der Waals surface area contributed by atoms with Crippen LogP contribution in [-0.2, 0) is 17.6 Å². The lowest BCUT2D eigenvalue weighted by atomic mass is 9.89. The number of aliphatic hydroxyl groups is 1.